The summed E-state index contributed by atoms with van der Waals surface area (Å²) in [5, 5.41) is 2.36. The predicted molar refractivity (Wildman–Crippen MR) is 67.7 cm³/mol. The van der Waals surface area contributed by atoms with Crippen LogP contribution < -0.4 is 5.32 Å². The van der Waals surface area contributed by atoms with E-state index < -0.39 is 23.7 Å². The molecule has 1 fully saturated rings. The zero-order valence-electron chi connectivity index (χ0n) is 9.94. The Balaban J connectivity index is 2.16. The Morgan fingerprint density at radius 2 is 2.16 bits per heavy atom. The molecular weight excluding hydrogens is 319 g/mol. The molecule has 100 valence electrons. The quantitative estimate of drug-likeness (QED) is 0.826. The highest BCUT2D eigenvalue weighted by molar-refractivity contribution is 9.10. The minimum Gasteiger partial charge on any atom is -0.340 e. The smallest absolute Gasteiger partial charge is 0.254 e. The highest BCUT2D eigenvalue weighted by atomic mass is 79.9. The molecule has 2 rings (SSSR count). The van der Waals surface area contributed by atoms with Crippen molar-refractivity contribution in [2.45, 2.75) is 12.5 Å². The summed E-state index contributed by atoms with van der Waals surface area (Å²) in [6, 6.07) is 3.00. The number of carbonyl (C=O) groups excluding carboxylic acids is 3. The van der Waals surface area contributed by atoms with E-state index in [-0.39, 0.29) is 17.9 Å². The molecule has 7 heteroatoms. The molecule has 1 aromatic carbocycles. The lowest BCUT2D eigenvalue weighted by Crippen LogP contribution is -2.40. The first-order valence-corrected chi connectivity index (χ1v) is 6.25. The van der Waals surface area contributed by atoms with Gasteiger partial charge in [0.1, 0.15) is 11.9 Å². The van der Waals surface area contributed by atoms with Crippen LogP contribution in [0.3, 0.4) is 0 Å². The number of carbonyl (C=O) groups is 3. The summed E-state index contributed by atoms with van der Waals surface area (Å²) in [6.45, 7) is 0. The molecule has 1 N–H and O–H groups in total. The van der Waals surface area contributed by atoms with Crippen LogP contribution in [-0.2, 0) is 9.59 Å². The standard InChI is InChI=1S/C12H10BrFN2O3/c1-16-10(17)5-9(12(16)19)15-11(18)7-4-6(13)2-3-8(7)14/h2-4,9H,5H2,1H3,(H,15,18). The first-order chi connectivity index (χ1) is 8.90. The van der Waals surface area contributed by atoms with E-state index in [9.17, 15) is 18.8 Å². The first kappa shape index (κ1) is 13.7. The van der Waals surface area contributed by atoms with Gasteiger partial charge < -0.3 is 5.32 Å². The summed E-state index contributed by atoms with van der Waals surface area (Å²) >= 11 is 3.13. The van der Waals surface area contributed by atoms with Crippen molar-refractivity contribution in [3.8, 4) is 0 Å². The summed E-state index contributed by atoms with van der Waals surface area (Å²) in [4.78, 5) is 35.8. The summed E-state index contributed by atoms with van der Waals surface area (Å²) in [6.07, 6.45) is -0.101. The van der Waals surface area contributed by atoms with Gasteiger partial charge in [-0.2, -0.15) is 0 Å². The molecule has 1 heterocycles. The van der Waals surface area contributed by atoms with Crippen molar-refractivity contribution in [1.29, 1.82) is 0 Å². The molecular formula is C12H10BrFN2O3. The van der Waals surface area contributed by atoms with E-state index in [2.05, 4.69) is 21.2 Å². The van der Waals surface area contributed by atoms with Crippen LogP contribution in [-0.4, -0.2) is 35.7 Å². The molecule has 19 heavy (non-hydrogen) atoms. The van der Waals surface area contributed by atoms with Crippen molar-refractivity contribution in [2.24, 2.45) is 0 Å². The van der Waals surface area contributed by atoms with Crippen LogP contribution >= 0.6 is 15.9 Å². The van der Waals surface area contributed by atoms with Gasteiger partial charge in [0.25, 0.3) is 11.8 Å². The van der Waals surface area contributed by atoms with Gasteiger partial charge in [0.15, 0.2) is 0 Å². The van der Waals surface area contributed by atoms with E-state index in [1.54, 1.807) is 0 Å². The number of hydrogen-bond donors (Lipinski definition) is 1. The third kappa shape index (κ3) is 2.65. The maximum atomic E-state index is 13.5. The Hall–Kier alpha value is -1.76. The van der Waals surface area contributed by atoms with Gasteiger partial charge in [-0.15, -0.1) is 0 Å². The number of likely N-dealkylation sites (tertiary alicyclic amines) is 1. The number of nitrogens with zero attached hydrogens (tertiary/aromatic N) is 1. The monoisotopic (exact) mass is 328 g/mol. The molecule has 5 nitrogen and oxygen atoms in total. The molecule has 0 saturated carbocycles. The maximum Gasteiger partial charge on any atom is 0.254 e. The minimum absolute atomic E-state index is 0.101. The third-order valence-electron chi connectivity index (χ3n) is 2.86. The summed E-state index contributed by atoms with van der Waals surface area (Å²) in [5.74, 6) is -2.27. The van der Waals surface area contributed by atoms with Crippen molar-refractivity contribution in [1.82, 2.24) is 10.2 Å². The van der Waals surface area contributed by atoms with Gasteiger partial charge in [-0.3, -0.25) is 19.3 Å². The van der Waals surface area contributed by atoms with Gasteiger partial charge >= 0.3 is 0 Å². The Kier molecular flexibility index (Phi) is 3.66. The number of hydrogen-bond acceptors (Lipinski definition) is 3. The zero-order valence-corrected chi connectivity index (χ0v) is 11.5. The average molecular weight is 329 g/mol. The molecule has 0 radical (unpaired) electrons. The van der Waals surface area contributed by atoms with Gasteiger partial charge in [0.05, 0.1) is 12.0 Å². The second kappa shape index (κ2) is 5.08. The third-order valence-corrected chi connectivity index (χ3v) is 3.35. The Labute approximate surface area is 116 Å². The molecule has 1 unspecified atom stereocenters. The number of halogens is 2. The summed E-state index contributed by atoms with van der Waals surface area (Å²) < 4.78 is 14.0. The Morgan fingerprint density at radius 3 is 2.74 bits per heavy atom. The lowest BCUT2D eigenvalue weighted by molar-refractivity contribution is -0.137. The van der Waals surface area contributed by atoms with Crippen LogP contribution in [0.4, 0.5) is 4.39 Å². The van der Waals surface area contributed by atoms with E-state index >= 15 is 0 Å². The van der Waals surface area contributed by atoms with Crippen molar-refractivity contribution >= 4 is 33.7 Å². The zero-order chi connectivity index (χ0) is 14.2. The van der Waals surface area contributed by atoms with Crippen LogP contribution in [0.2, 0.25) is 0 Å². The van der Waals surface area contributed by atoms with Crippen molar-refractivity contribution in [3.05, 3.63) is 34.1 Å². The van der Waals surface area contributed by atoms with Crippen LogP contribution in [0.15, 0.2) is 22.7 Å². The minimum atomic E-state index is -0.927. The number of imide groups is 1. The van der Waals surface area contributed by atoms with E-state index in [0.717, 1.165) is 11.0 Å². The Bertz CT molecular complexity index is 576. The van der Waals surface area contributed by atoms with E-state index in [0.29, 0.717) is 4.47 Å². The fourth-order valence-electron chi connectivity index (χ4n) is 1.78. The average Bonchev–Trinajstić information content (AvgIpc) is 2.60. The molecule has 0 aliphatic carbocycles. The predicted octanol–water partition coefficient (Wildman–Crippen LogP) is 1.08. The van der Waals surface area contributed by atoms with Gasteiger partial charge in [-0.25, -0.2) is 4.39 Å². The van der Waals surface area contributed by atoms with E-state index in [1.807, 2.05) is 0 Å². The van der Waals surface area contributed by atoms with Crippen molar-refractivity contribution in [3.63, 3.8) is 0 Å². The van der Waals surface area contributed by atoms with Gasteiger partial charge in [-0.1, -0.05) is 15.9 Å². The highest BCUT2D eigenvalue weighted by Gasteiger charge is 2.37. The van der Waals surface area contributed by atoms with Crippen molar-refractivity contribution in [2.75, 3.05) is 7.05 Å². The summed E-state index contributed by atoms with van der Waals surface area (Å²) in [7, 11) is 1.34. The lowest BCUT2D eigenvalue weighted by Gasteiger charge is -2.11. The van der Waals surface area contributed by atoms with E-state index in [1.165, 1.54) is 19.2 Å². The fraction of sp³-hybridized carbons (Fsp3) is 0.250. The van der Waals surface area contributed by atoms with Gasteiger partial charge in [0.2, 0.25) is 5.91 Å². The number of amides is 3. The van der Waals surface area contributed by atoms with Crippen molar-refractivity contribution < 1.29 is 18.8 Å². The molecule has 1 aliphatic rings. The van der Waals surface area contributed by atoms with Crippen LogP contribution in [0.25, 0.3) is 0 Å². The van der Waals surface area contributed by atoms with Gasteiger partial charge in [-0.05, 0) is 18.2 Å². The lowest BCUT2D eigenvalue weighted by atomic mass is 10.1. The van der Waals surface area contributed by atoms with Crippen LogP contribution in [0.1, 0.15) is 16.8 Å². The molecule has 0 spiro atoms. The number of likely N-dealkylation sites (N-methyl/N-ethyl adjacent to an activating group) is 1. The second-order valence-corrected chi connectivity index (χ2v) is 5.06. The van der Waals surface area contributed by atoms with Crippen LogP contribution in [0, 0.1) is 5.82 Å². The number of nitrogens with one attached hydrogen (secondary N) is 1. The number of rotatable bonds is 2. The van der Waals surface area contributed by atoms with E-state index in [4.69, 9.17) is 0 Å². The molecule has 0 aromatic heterocycles. The highest BCUT2D eigenvalue weighted by Crippen LogP contribution is 2.17. The molecule has 1 saturated heterocycles. The molecule has 1 atom stereocenters. The Morgan fingerprint density at radius 1 is 1.47 bits per heavy atom. The summed E-state index contributed by atoms with van der Waals surface area (Å²) in [5.41, 5.74) is -0.177. The molecule has 1 aliphatic heterocycles. The number of benzene rings is 1. The largest absolute Gasteiger partial charge is 0.340 e. The molecule has 3 amide bonds. The maximum absolute atomic E-state index is 13.5. The second-order valence-electron chi connectivity index (χ2n) is 4.15. The fourth-order valence-corrected chi connectivity index (χ4v) is 2.14. The van der Waals surface area contributed by atoms with Crippen LogP contribution in [0.5, 0.6) is 0 Å². The van der Waals surface area contributed by atoms with Gasteiger partial charge in [0, 0.05) is 11.5 Å². The normalized spacial score (nSPS) is 18.9. The topological polar surface area (TPSA) is 66.5 Å². The molecule has 0 bridgehead atoms. The molecule has 1 aromatic rings. The SMILES string of the molecule is CN1C(=O)CC(NC(=O)c2cc(Br)ccc2F)C1=O. The first-order valence-electron chi connectivity index (χ1n) is 5.46.